The van der Waals surface area contributed by atoms with E-state index in [1.807, 2.05) is 73.7 Å². The van der Waals surface area contributed by atoms with Crippen molar-refractivity contribution in [3.63, 3.8) is 0 Å². The van der Waals surface area contributed by atoms with Crippen LogP contribution in [0, 0.1) is 0 Å². The first-order valence-electron chi connectivity index (χ1n) is 9.64. The number of hydrogen-bond donors (Lipinski definition) is 2. The number of anilines is 2. The van der Waals surface area contributed by atoms with Gasteiger partial charge in [0.25, 0.3) is 5.91 Å². The largest absolute Gasteiger partial charge is 0.492 e. The van der Waals surface area contributed by atoms with Crippen LogP contribution in [0.1, 0.15) is 31.0 Å². The molecule has 4 nitrogen and oxygen atoms in total. The highest BCUT2D eigenvalue weighted by Gasteiger charge is 2.21. The number of amides is 1. The molecule has 0 radical (unpaired) electrons. The van der Waals surface area contributed by atoms with Crippen LogP contribution < -0.4 is 15.4 Å². The van der Waals surface area contributed by atoms with Crippen molar-refractivity contribution >= 4 is 17.3 Å². The molecule has 0 aromatic heterocycles. The van der Waals surface area contributed by atoms with Crippen molar-refractivity contribution in [1.29, 1.82) is 0 Å². The van der Waals surface area contributed by atoms with Crippen molar-refractivity contribution in [2.75, 3.05) is 17.2 Å². The van der Waals surface area contributed by atoms with E-state index in [9.17, 15) is 4.79 Å². The van der Waals surface area contributed by atoms with Gasteiger partial charge in [0.2, 0.25) is 0 Å². The van der Waals surface area contributed by atoms with Gasteiger partial charge in [-0.3, -0.25) is 4.79 Å². The van der Waals surface area contributed by atoms with Crippen molar-refractivity contribution < 1.29 is 9.53 Å². The highest BCUT2D eigenvalue weighted by Crippen LogP contribution is 2.27. The van der Waals surface area contributed by atoms with Crippen LogP contribution in [0.5, 0.6) is 5.75 Å². The quantitative estimate of drug-likeness (QED) is 0.552. The van der Waals surface area contributed by atoms with Gasteiger partial charge in [0.1, 0.15) is 11.8 Å². The average molecular weight is 374 g/mol. The molecule has 0 saturated carbocycles. The van der Waals surface area contributed by atoms with Crippen LogP contribution in [0.25, 0.3) is 0 Å². The number of hydrogen-bond acceptors (Lipinski definition) is 3. The summed E-state index contributed by atoms with van der Waals surface area (Å²) in [5, 5.41) is 6.40. The molecule has 28 heavy (non-hydrogen) atoms. The predicted molar refractivity (Wildman–Crippen MR) is 115 cm³/mol. The lowest BCUT2D eigenvalue weighted by Gasteiger charge is -2.21. The summed E-state index contributed by atoms with van der Waals surface area (Å²) in [7, 11) is 0. The molecule has 4 heteroatoms. The van der Waals surface area contributed by atoms with Gasteiger partial charge in [-0.2, -0.15) is 0 Å². The van der Waals surface area contributed by atoms with E-state index in [4.69, 9.17) is 4.74 Å². The Hall–Kier alpha value is -3.27. The molecular formula is C24H26N2O2. The van der Waals surface area contributed by atoms with Crippen molar-refractivity contribution in [3.05, 3.63) is 90.0 Å². The molecule has 3 rings (SSSR count). The third-order valence-corrected chi connectivity index (χ3v) is 4.49. The zero-order valence-corrected chi connectivity index (χ0v) is 16.3. The number of carbonyl (C=O) groups is 1. The van der Waals surface area contributed by atoms with Gasteiger partial charge in [-0.15, -0.1) is 0 Å². The van der Waals surface area contributed by atoms with E-state index in [-0.39, 0.29) is 5.91 Å². The second-order valence-electron chi connectivity index (χ2n) is 6.46. The molecule has 0 unspecified atom stereocenters. The van der Waals surface area contributed by atoms with E-state index in [2.05, 4.69) is 29.7 Å². The smallest absolute Gasteiger partial charge is 0.251 e. The molecule has 0 saturated heterocycles. The molecule has 0 aliphatic heterocycles. The zero-order chi connectivity index (χ0) is 19.8. The second-order valence-corrected chi connectivity index (χ2v) is 6.46. The first kappa shape index (κ1) is 19.5. The van der Waals surface area contributed by atoms with E-state index in [0.717, 1.165) is 17.7 Å². The Labute approximate surface area is 166 Å². The lowest BCUT2D eigenvalue weighted by Crippen LogP contribution is -2.27. The molecule has 0 heterocycles. The Balaban J connectivity index is 1.87. The van der Waals surface area contributed by atoms with Gasteiger partial charge in [0.05, 0.1) is 12.3 Å². The summed E-state index contributed by atoms with van der Waals surface area (Å²) in [5.41, 5.74) is 3.70. The zero-order valence-electron chi connectivity index (χ0n) is 16.3. The van der Waals surface area contributed by atoms with Crippen LogP contribution in [0.15, 0.2) is 78.9 Å². The minimum absolute atomic E-state index is 0.139. The molecule has 0 bridgehead atoms. The first-order valence-corrected chi connectivity index (χ1v) is 9.64. The molecular weight excluding hydrogens is 348 g/mol. The highest BCUT2D eigenvalue weighted by atomic mass is 16.5. The van der Waals surface area contributed by atoms with Crippen LogP contribution in [0.3, 0.4) is 0 Å². The summed E-state index contributed by atoms with van der Waals surface area (Å²) in [6.07, 6.45) is 0.944. The van der Waals surface area contributed by atoms with E-state index < -0.39 is 6.04 Å². The molecule has 0 aliphatic carbocycles. The summed E-state index contributed by atoms with van der Waals surface area (Å²) in [4.78, 5) is 13.2. The third-order valence-electron chi connectivity index (χ3n) is 4.49. The van der Waals surface area contributed by atoms with Crippen molar-refractivity contribution in [3.8, 4) is 5.75 Å². The number of benzene rings is 3. The van der Waals surface area contributed by atoms with Gasteiger partial charge in [-0.05, 0) is 48.7 Å². The van der Waals surface area contributed by atoms with E-state index >= 15 is 0 Å². The van der Waals surface area contributed by atoms with Gasteiger partial charge < -0.3 is 15.4 Å². The molecule has 3 aromatic carbocycles. The number of aryl methyl sites for hydroxylation is 1. The fourth-order valence-electron chi connectivity index (χ4n) is 3.05. The van der Waals surface area contributed by atoms with Gasteiger partial charge in [-0.25, -0.2) is 0 Å². The summed E-state index contributed by atoms with van der Waals surface area (Å²) in [6, 6.07) is 24.8. The minimum Gasteiger partial charge on any atom is -0.492 e. The lowest BCUT2D eigenvalue weighted by atomic mass is 10.0. The normalized spacial score (nSPS) is 11.5. The molecule has 0 spiro atoms. The Kier molecular flexibility index (Phi) is 6.68. The Morgan fingerprint density at radius 3 is 2.43 bits per heavy atom. The number of para-hydroxylation sites is 2. The van der Waals surface area contributed by atoms with E-state index in [0.29, 0.717) is 18.0 Å². The fraction of sp³-hybridized carbons (Fsp3) is 0.208. The molecule has 144 valence electrons. The molecule has 1 atom stereocenters. The number of ether oxygens (including phenoxy) is 1. The average Bonchev–Trinajstić information content (AvgIpc) is 2.74. The molecule has 1 amide bonds. The standard InChI is InChI=1S/C24H26N2O2/c1-3-18-11-10-14-20(17-18)25-23(19-12-6-5-7-13-19)24(27)26-21-15-8-9-16-22(21)28-4-2/h5-17,23,25H,3-4H2,1-2H3,(H,26,27)/t23-/m0/s1. The monoisotopic (exact) mass is 374 g/mol. The van der Waals surface area contributed by atoms with Gasteiger partial charge in [0, 0.05) is 5.69 Å². The van der Waals surface area contributed by atoms with E-state index in [1.165, 1.54) is 5.56 Å². The maximum Gasteiger partial charge on any atom is 0.251 e. The Morgan fingerprint density at radius 1 is 0.929 bits per heavy atom. The van der Waals surface area contributed by atoms with Gasteiger partial charge in [0.15, 0.2) is 0 Å². The predicted octanol–water partition coefficient (Wildman–Crippen LogP) is 5.44. The minimum atomic E-state index is -0.525. The number of carbonyl (C=O) groups excluding carboxylic acids is 1. The van der Waals surface area contributed by atoms with Gasteiger partial charge in [-0.1, -0.05) is 61.5 Å². The number of nitrogens with one attached hydrogen (secondary N) is 2. The molecule has 2 N–H and O–H groups in total. The molecule has 3 aromatic rings. The van der Waals surface area contributed by atoms with Crippen molar-refractivity contribution in [2.24, 2.45) is 0 Å². The summed E-state index contributed by atoms with van der Waals surface area (Å²) in [5.74, 6) is 0.526. The van der Waals surface area contributed by atoms with Gasteiger partial charge >= 0.3 is 0 Å². The maximum atomic E-state index is 13.2. The van der Waals surface area contributed by atoms with Crippen LogP contribution in [0.4, 0.5) is 11.4 Å². The maximum absolute atomic E-state index is 13.2. The number of rotatable bonds is 8. The first-order chi connectivity index (χ1) is 13.7. The highest BCUT2D eigenvalue weighted by molar-refractivity contribution is 5.98. The molecule has 0 aliphatic rings. The van der Waals surface area contributed by atoms with Crippen LogP contribution in [0.2, 0.25) is 0 Å². The summed E-state index contributed by atoms with van der Waals surface area (Å²) < 4.78 is 5.64. The fourth-order valence-corrected chi connectivity index (χ4v) is 3.05. The topological polar surface area (TPSA) is 50.4 Å². The van der Waals surface area contributed by atoms with Crippen LogP contribution in [-0.2, 0) is 11.2 Å². The summed E-state index contributed by atoms with van der Waals surface area (Å²) >= 11 is 0. The second kappa shape index (κ2) is 9.60. The van der Waals surface area contributed by atoms with Crippen LogP contribution >= 0.6 is 0 Å². The van der Waals surface area contributed by atoms with Crippen molar-refractivity contribution in [2.45, 2.75) is 26.3 Å². The lowest BCUT2D eigenvalue weighted by molar-refractivity contribution is -0.117. The third kappa shape index (κ3) is 4.92. The van der Waals surface area contributed by atoms with E-state index in [1.54, 1.807) is 0 Å². The Bertz CT molecular complexity index is 909. The Morgan fingerprint density at radius 2 is 1.68 bits per heavy atom. The molecule has 0 fully saturated rings. The SMILES string of the molecule is CCOc1ccccc1NC(=O)[C@@H](Nc1cccc(CC)c1)c1ccccc1. The van der Waals surface area contributed by atoms with Crippen molar-refractivity contribution in [1.82, 2.24) is 0 Å². The van der Waals surface area contributed by atoms with Crippen LogP contribution in [-0.4, -0.2) is 12.5 Å². The summed E-state index contributed by atoms with van der Waals surface area (Å²) in [6.45, 7) is 4.58.